The molecule has 3 aliphatic heterocycles. The molecule has 3 aliphatic rings. The lowest BCUT2D eigenvalue weighted by Gasteiger charge is -2.46. The molecule has 0 spiro atoms. The van der Waals surface area contributed by atoms with Crippen LogP contribution in [0.3, 0.4) is 0 Å². The first-order valence-corrected chi connectivity index (χ1v) is 13.1. The fourth-order valence-electron chi connectivity index (χ4n) is 5.78. The first kappa shape index (κ1) is 23.6. The van der Waals surface area contributed by atoms with Crippen molar-refractivity contribution in [2.24, 2.45) is 5.92 Å². The van der Waals surface area contributed by atoms with Crippen LogP contribution in [0.1, 0.15) is 18.5 Å². The minimum Gasteiger partial charge on any atom is -0.477 e. The van der Waals surface area contributed by atoms with E-state index in [0.717, 1.165) is 94.5 Å². The summed E-state index contributed by atoms with van der Waals surface area (Å²) in [5.74, 6) is 1.74. The van der Waals surface area contributed by atoms with Gasteiger partial charge in [-0.15, -0.1) is 0 Å². The highest BCUT2D eigenvalue weighted by molar-refractivity contribution is 5.88. The molecule has 1 aromatic carbocycles. The Morgan fingerprint density at radius 1 is 1.03 bits per heavy atom. The third-order valence-electron chi connectivity index (χ3n) is 7.95. The number of nitrogens with zero attached hydrogens (tertiary/aromatic N) is 6. The quantitative estimate of drug-likeness (QED) is 0.518. The van der Waals surface area contributed by atoms with Gasteiger partial charge in [0.1, 0.15) is 5.82 Å². The highest BCUT2D eigenvalue weighted by atomic mass is 19.1. The molecule has 8 nitrogen and oxygen atoms in total. The smallest absolute Gasteiger partial charge is 0.213 e. The zero-order chi connectivity index (χ0) is 24.5. The molecule has 3 aromatic rings. The van der Waals surface area contributed by atoms with Crippen molar-refractivity contribution in [3.05, 3.63) is 47.9 Å². The summed E-state index contributed by atoms with van der Waals surface area (Å²) in [5, 5.41) is 5.01. The number of benzene rings is 1. The SMILES string of the molecule is CN1CCN(Cc2cccc(OC[C@@H]3CC[C@H]4CN(c5noc6ccc(F)cc56)CCN4C3)n2)CC1. The van der Waals surface area contributed by atoms with Crippen molar-refractivity contribution in [3.63, 3.8) is 0 Å². The van der Waals surface area contributed by atoms with Crippen molar-refractivity contribution in [1.82, 2.24) is 24.8 Å². The molecule has 0 radical (unpaired) electrons. The number of anilines is 1. The van der Waals surface area contributed by atoms with E-state index in [1.54, 1.807) is 6.07 Å². The van der Waals surface area contributed by atoms with Gasteiger partial charge in [-0.25, -0.2) is 9.37 Å². The molecule has 0 amide bonds. The number of piperazine rings is 2. The fraction of sp³-hybridized carbons (Fsp3) is 0.556. The summed E-state index contributed by atoms with van der Waals surface area (Å²) in [7, 11) is 2.18. The van der Waals surface area contributed by atoms with Crippen molar-refractivity contribution >= 4 is 16.8 Å². The zero-order valence-electron chi connectivity index (χ0n) is 21.0. The van der Waals surface area contributed by atoms with E-state index in [0.29, 0.717) is 24.1 Å². The Kier molecular flexibility index (Phi) is 6.77. The molecule has 3 saturated heterocycles. The van der Waals surface area contributed by atoms with Crippen LogP contribution in [-0.4, -0.2) is 96.9 Å². The molecule has 9 heteroatoms. The lowest BCUT2D eigenvalue weighted by atomic mass is 9.91. The summed E-state index contributed by atoms with van der Waals surface area (Å²) >= 11 is 0. The second-order valence-corrected chi connectivity index (χ2v) is 10.5. The van der Waals surface area contributed by atoms with Gasteiger partial charge in [-0.1, -0.05) is 11.2 Å². The molecule has 0 saturated carbocycles. The van der Waals surface area contributed by atoms with Gasteiger partial charge < -0.3 is 19.1 Å². The number of fused-ring (bicyclic) bond motifs is 2. The number of rotatable bonds is 6. The number of pyridine rings is 1. The number of likely N-dealkylation sites (N-methyl/N-ethyl adjacent to an activating group) is 1. The standard InChI is InChI=1S/C27H35FN6O2/c1-31-9-11-32(12-10-31)17-22-3-2-4-26(29-22)35-19-20-5-7-23-18-34(14-13-33(23)16-20)27-24-15-21(28)6-8-25(24)36-30-27/h2-4,6,8,15,20,23H,5,7,9-14,16-19H2,1H3/t20-,23+/m1/s1. The highest BCUT2D eigenvalue weighted by Gasteiger charge is 2.34. The minimum atomic E-state index is -0.259. The number of hydrogen-bond donors (Lipinski definition) is 0. The van der Waals surface area contributed by atoms with E-state index in [2.05, 4.69) is 43.9 Å². The molecule has 3 fully saturated rings. The summed E-state index contributed by atoms with van der Waals surface area (Å²) in [4.78, 5) is 14.4. The number of hydrogen-bond acceptors (Lipinski definition) is 8. The van der Waals surface area contributed by atoms with Gasteiger partial charge >= 0.3 is 0 Å². The zero-order valence-corrected chi connectivity index (χ0v) is 21.0. The highest BCUT2D eigenvalue weighted by Crippen LogP contribution is 2.31. The van der Waals surface area contributed by atoms with Crippen molar-refractivity contribution in [3.8, 4) is 5.88 Å². The monoisotopic (exact) mass is 494 g/mol. The molecule has 36 heavy (non-hydrogen) atoms. The second kappa shape index (κ2) is 10.3. The van der Waals surface area contributed by atoms with Crippen LogP contribution in [0.4, 0.5) is 10.2 Å². The van der Waals surface area contributed by atoms with E-state index in [4.69, 9.17) is 14.2 Å². The van der Waals surface area contributed by atoms with Gasteiger partial charge in [0.2, 0.25) is 5.88 Å². The van der Waals surface area contributed by atoms with Crippen LogP contribution in [0.25, 0.3) is 11.0 Å². The normalized spacial score (nSPS) is 24.2. The summed E-state index contributed by atoms with van der Waals surface area (Å²) < 4.78 is 25.4. The predicted molar refractivity (Wildman–Crippen MR) is 137 cm³/mol. The average Bonchev–Trinajstić information content (AvgIpc) is 3.32. The fourth-order valence-corrected chi connectivity index (χ4v) is 5.78. The van der Waals surface area contributed by atoms with E-state index in [1.807, 2.05) is 6.07 Å². The van der Waals surface area contributed by atoms with Crippen molar-refractivity contribution in [2.45, 2.75) is 25.4 Å². The molecule has 2 atom stereocenters. The van der Waals surface area contributed by atoms with Gasteiger partial charge in [-0.05, 0) is 44.2 Å². The van der Waals surface area contributed by atoms with E-state index < -0.39 is 0 Å². The maximum Gasteiger partial charge on any atom is 0.213 e. The van der Waals surface area contributed by atoms with Gasteiger partial charge in [0.05, 0.1) is 17.7 Å². The van der Waals surface area contributed by atoms with Crippen LogP contribution >= 0.6 is 0 Å². The van der Waals surface area contributed by atoms with E-state index in [1.165, 1.54) is 12.1 Å². The predicted octanol–water partition coefficient (Wildman–Crippen LogP) is 3.09. The van der Waals surface area contributed by atoms with Crippen molar-refractivity contribution in [1.29, 1.82) is 0 Å². The Morgan fingerprint density at radius 2 is 1.92 bits per heavy atom. The van der Waals surface area contributed by atoms with Crippen molar-refractivity contribution in [2.75, 3.05) is 70.9 Å². The van der Waals surface area contributed by atoms with Gasteiger partial charge in [-0.2, -0.15) is 0 Å². The van der Waals surface area contributed by atoms with Crippen LogP contribution in [0.2, 0.25) is 0 Å². The molecule has 2 aromatic heterocycles. The molecule has 0 N–H and O–H groups in total. The molecular weight excluding hydrogens is 459 g/mol. The lowest BCUT2D eigenvalue weighted by Crippen LogP contribution is -2.57. The number of halogens is 1. The Hall–Kier alpha value is -2.75. The Morgan fingerprint density at radius 3 is 2.81 bits per heavy atom. The first-order valence-electron chi connectivity index (χ1n) is 13.1. The largest absolute Gasteiger partial charge is 0.477 e. The number of aromatic nitrogens is 2. The van der Waals surface area contributed by atoms with Crippen molar-refractivity contribution < 1.29 is 13.7 Å². The number of piperidine rings is 1. The molecule has 0 aliphatic carbocycles. The third kappa shape index (κ3) is 5.19. The van der Waals surface area contributed by atoms with Crippen LogP contribution in [0.5, 0.6) is 5.88 Å². The molecule has 192 valence electrons. The van der Waals surface area contributed by atoms with Gasteiger partial charge in [-0.3, -0.25) is 9.80 Å². The summed E-state index contributed by atoms with van der Waals surface area (Å²) in [6, 6.07) is 11.2. The Bertz CT molecular complexity index is 1180. The first-order chi connectivity index (χ1) is 17.6. The maximum absolute atomic E-state index is 13.8. The molecule has 6 rings (SSSR count). The Balaban J connectivity index is 1.01. The average molecular weight is 495 g/mol. The minimum absolute atomic E-state index is 0.259. The topological polar surface area (TPSA) is 61.1 Å². The maximum atomic E-state index is 13.8. The molecule has 0 bridgehead atoms. The summed E-state index contributed by atoms with van der Waals surface area (Å²) in [6.45, 7) is 9.73. The summed E-state index contributed by atoms with van der Waals surface area (Å²) in [5.41, 5.74) is 1.72. The van der Waals surface area contributed by atoms with Crippen LogP contribution in [0.15, 0.2) is 40.9 Å². The molecular formula is C27H35FN6O2. The van der Waals surface area contributed by atoms with Gasteiger partial charge in [0, 0.05) is 76.9 Å². The second-order valence-electron chi connectivity index (χ2n) is 10.5. The third-order valence-corrected chi connectivity index (χ3v) is 7.95. The molecule has 5 heterocycles. The Labute approximate surface area is 211 Å². The number of ether oxygens (including phenoxy) is 1. The molecule has 0 unspecified atom stereocenters. The van der Waals surface area contributed by atoms with Crippen LogP contribution in [0, 0.1) is 11.7 Å². The van der Waals surface area contributed by atoms with Crippen LogP contribution < -0.4 is 9.64 Å². The van der Waals surface area contributed by atoms with Gasteiger partial charge in [0.15, 0.2) is 11.4 Å². The summed E-state index contributed by atoms with van der Waals surface area (Å²) in [6.07, 6.45) is 2.25. The van der Waals surface area contributed by atoms with E-state index in [9.17, 15) is 4.39 Å². The lowest BCUT2D eigenvalue weighted by molar-refractivity contribution is 0.0715. The van der Waals surface area contributed by atoms with E-state index >= 15 is 0 Å². The van der Waals surface area contributed by atoms with Crippen LogP contribution in [-0.2, 0) is 6.54 Å². The van der Waals surface area contributed by atoms with Gasteiger partial charge in [0.25, 0.3) is 0 Å². The van der Waals surface area contributed by atoms with E-state index in [-0.39, 0.29) is 5.82 Å².